The van der Waals surface area contributed by atoms with E-state index in [1.807, 2.05) is 34.1 Å². The van der Waals surface area contributed by atoms with Crippen LogP contribution in [0.15, 0.2) is 93.8 Å². The van der Waals surface area contributed by atoms with Crippen molar-refractivity contribution in [1.29, 1.82) is 5.26 Å². The van der Waals surface area contributed by atoms with Crippen molar-refractivity contribution in [2.24, 2.45) is 0 Å². The third kappa shape index (κ3) is 11.2. The van der Waals surface area contributed by atoms with Crippen LogP contribution in [0.1, 0.15) is 48.1 Å². The summed E-state index contributed by atoms with van der Waals surface area (Å²) in [7, 11) is -0.395. The molecule has 0 saturated heterocycles. The first kappa shape index (κ1) is 44.4. The van der Waals surface area contributed by atoms with Gasteiger partial charge in [0.25, 0.3) is 10.1 Å². The van der Waals surface area contributed by atoms with E-state index >= 15 is 0 Å². The lowest BCUT2D eigenvalue weighted by molar-refractivity contribution is -0.870. The Bertz CT molecular complexity index is 2450. The molecule has 3 aromatic carbocycles. The average Bonchev–Trinajstić information content (AvgIpc) is 3.44. The van der Waals surface area contributed by atoms with Gasteiger partial charge in [0.15, 0.2) is 9.84 Å². The standard InChI is InChI=1S/C31H36F3N6O5S.C7H8O3S/c1-21-26(28(41)45-5)27(23-13-11-22(20-35)12-14-23)39-29(38(21)25-10-6-9-24(19-25)31(32,33)34)36-37(30(39)42)15-7-17-46(43,44)18-8-16-40(2,3)4;1-6-2-4-7(5-3-6)11(8,9)10/h6,9-14,19,27H,7-8,15-18H2,1-5H3;2-5H,1H3,(H,8,9,10)/q+1;. The first-order valence-corrected chi connectivity index (χ1v) is 20.7. The fraction of sp³-hybridized carbons (Fsp3) is 0.368. The van der Waals surface area contributed by atoms with Crippen LogP contribution in [-0.2, 0) is 42.2 Å². The number of benzene rings is 3. The van der Waals surface area contributed by atoms with Crippen LogP contribution >= 0.6 is 0 Å². The highest BCUT2D eigenvalue weighted by molar-refractivity contribution is 7.91. The van der Waals surface area contributed by atoms with Crippen LogP contribution in [0.25, 0.3) is 0 Å². The number of hydrogen-bond donors (Lipinski definition) is 1. The molecule has 0 amide bonds. The number of esters is 1. The van der Waals surface area contributed by atoms with Gasteiger partial charge in [0.2, 0.25) is 5.95 Å². The number of halogens is 3. The summed E-state index contributed by atoms with van der Waals surface area (Å²) in [6.07, 6.45) is -4.13. The summed E-state index contributed by atoms with van der Waals surface area (Å²) >= 11 is 0. The summed E-state index contributed by atoms with van der Waals surface area (Å²) < 4.78 is 104. The molecule has 0 radical (unpaired) electrons. The van der Waals surface area contributed by atoms with E-state index in [0.29, 0.717) is 28.6 Å². The van der Waals surface area contributed by atoms with Gasteiger partial charge in [-0.3, -0.25) is 9.45 Å². The molecule has 2 heterocycles. The maximum atomic E-state index is 14.0. The second-order valence-electron chi connectivity index (χ2n) is 14.3. The van der Waals surface area contributed by atoms with Crippen LogP contribution in [0.2, 0.25) is 0 Å². The number of methoxy groups -OCH3 is 1. The number of fused-ring (bicyclic) bond motifs is 1. The summed E-state index contributed by atoms with van der Waals surface area (Å²) in [6, 6.07) is 17.4. The number of aromatic nitrogens is 3. The first-order valence-electron chi connectivity index (χ1n) is 17.5. The fourth-order valence-electron chi connectivity index (χ4n) is 6.09. The molecule has 0 aliphatic carbocycles. The Morgan fingerprint density at radius 1 is 0.965 bits per heavy atom. The summed E-state index contributed by atoms with van der Waals surface area (Å²) in [4.78, 5) is 28.5. The molecule has 1 aliphatic heterocycles. The van der Waals surface area contributed by atoms with Crippen LogP contribution in [0.5, 0.6) is 0 Å². The first-order chi connectivity index (χ1) is 26.5. The van der Waals surface area contributed by atoms with Crippen LogP contribution in [0.4, 0.5) is 24.8 Å². The Morgan fingerprint density at radius 2 is 1.58 bits per heavy atom. The van der Waals surface area contributed by atoms with E-state index in [0.717, 1.165) is 29.5 Å². The number of quaternary nitrogens is 1. The Labute approximate surface area is 329 Å². The monoisotopic (exact) mass is 833 g/mol. The molecule has 1 N–H and O–H groups in total. The van der Waals surface area contributed by atoms with Gasteiger partial charge < -0.3 is 9.22 Å². The third-order valence-corrected chi connectivity index (χ3v) is 11.6. The number of carbonyl (C=O) groups is 1. The van der Waals surface area contributed by atoms with E-state index < -0.39 is 49.4 Å². The molecule has 14 nitrogen and oxygen atoms in total. The highest BCUT2D eigenvalue weighted by Gasteiger charge is 2.41. The van der Waals surface area contributed by atoms with Gasteiger partial charge >= 0.3 is 17.8 Å². The molecule has 5 rings (SSSR count). The summed E-state index contributed by atoms with van der Waals surface area (Å²) in [5, 5.41) is 13.8. The largest absolute Gasteiger partial charge is 0.466 e. The number of alkyl halides is 3. The van der Waals surface area contributed by atoms with Crippen molar-refractivity contribution in [2.45, 2.75) is 50.3 Å². The molecule has 306 valence electrons. The number of allylic oxidation sites excluding steroid dienone is 1. The van der Waals surface area contributed by atoms with Crippen molar-refractivity contribution in [3.05, 3.63) is 117 Å². The number of sulfone groups is 1. The van der Waals surface area contributed by atoms with E-state index in [2.05, 4.69) is 5.10 Å². The van der Waals surface area contributed by atoms with Crippen molar-refractivity contribution < 1.29 is 48.6 Å². The molecule has 4 aromatic rings. The lowest BCUT2D eigenvalue weighted by Crippen LogP contribution is -2.38. The van der Waals surface area contributed by atoms with Crippen molar-refractivity contribution in [3.8, 4) is 6.07 Å². The van der Waals surface area contributed by atoms with Crippen molar-refractivity contribution in [2.75, 3.05) is 51.2 Å². The Hall–Kier alpha value is -5.29. The molecule has 1 unspecified atom stereocenters. The quantitative estimate of drug-likeness (QED) is 0.112. The van der Waals surface area contributed by atoms with Gasteiger partial charge in [-0.05, 0) is 68.3 Å². The predicted octanol–water partition coefficient (Wildman–Crippen LogP) is 5.27. The second-order valence-corrected chi connectivity index (χ2v) is 18.1. The van der Waals surface area contributed by atoms with Crippen LogP contribution < -0.4 is 10.6 Å². The predicted molar refractivity (Wildman–Crippen MR) is 206 cm³/mol. The summed E-state index contributed by atoms with van der Waals surface area (Å²) in [5.74, 6) is -1.10. The van der Waals surface area contributed by atoms with E-state index in [4.69, 9.17) is 9.29 Å². The zero-order chi connectivity index (χ0) is 42.5. The molecular formula is C38H44F3N6O8S2+. The highest BCUT2D eigenvalue weighted by atomic mass is 32.2. The minimum atomic E-state index is -4.67. The number of ether oxygens (including phenoxy) is 1. The van der Waals surface area contributed by atoms with Gasteiger partial charge in [0.1, 0.15) is 6.04 Å². The minimum absolute atomic E-state index is 0.00714. The molecular weight excluding hydrogens is 790 g/mol. The highest BCUT2D eigenvalue weighted by Crippen LogP contribution is 2.43. The number of rotatable bonds is 12. The minimum Gasteiger partial charge on any atom is -0.466 e. The Morgan fingerprint density at radius 3 is 2.12 bits per heavy atom. The molecule has 0 spiro atoms. The van der Waals surface area contributed by atoms with Crippen LogP contribution in [0.3, 0.4) is 0 Å². The molecule has 19 heteroatoms. The number of nitriles is 1. The maximum absolute atomic E-state index is 14.0. The number of nitrogens with zero attached hydrogens (tertiary/aromatic N) is 6. The molecule has 1 aliphatic rings. The number of anilines is 2. The lowest BCUT2D eigenvalue weighted by Gasteiger charge is -2.35. The van der Waals surface area contributed by atoms with Gasteiger partial charge in [-0.2, -0.15) is 26.9 Å². The van der Waals surface area contributed by atoms with Crippen molar-refractivity contribution >= 4 is 37.6 Å². The molecule has 1 atom stereocenters. The third-order valence-electron chi connectivity index (χ3n) is 8.93. The smallest absolute Gasteiger partial charge is 0.416 e. The average molecular weight is 834 g/mol. The van der Waals surface area contributed by atoms with Crippen molar-refractivity contribution in [3.63, 3.8) is 0 Å². The zero-order valence-electron chi connectivity index (χ0n) is 32.2. The SMILES string of the molecule is COC(=O)C1=C(C)N(c2cccc(C(F)(F)F)c2)c2nn(CCCS(=O)(=O)CCC[N+](C)(C)C)c(=O)n2C1c1ccc(C#N)cc1.Cc1ccc(S(=O)(=O)O)cc1. The van der Waals surface area contributed by atoms with Gasteiger partial charge in [0.05, 0.1) is 74.0 Å². The Kier molecular flexibility index (Phi) is 13.6. The second kappa shape index (κ2) is 17.5. The Balaban J connectivity index is 0.000000563. The van der Waals surface area contributed by atoms with Gasteiger partial charge in [-0.1, -0.05) is 35.9 Å². The summed E-state index contributed by atoms with van der Waals surface area (Å²) in [6.45, 7) is 3.92. The van der Waals surface area contributed by atoms with Crippen molar-refractivity contribution in [1.82, 2.24) is 14.3 Å². The lowest BCUT2D eigenvalue weighted by atomic mass is 9.93. The molecule has 0 saturated carbocycles. The number of aryl methyl sites for hydroxylation is 2. The van der Waals surface area contributed by atoms with Gasteiger partial charge in [0, 0.05) is 24.4 Å². The molecule has 0 bridgehead atoms. The van der Waals surface area contributed by atoms with E-state index in [9.17, 15) is 44.9 Å². The maximum Gasteiger partial charge on any atom is 0.416 e. The number of hydrogen-bond acceptors (Lipinski definition) is 10. The van der Waals surface area contributed by atoms with Crippen LogP contribution in [-0.4, -0.2) is 92.5 Å². The molecule has 57 heavy (non-hydrogen) atoms. The normalized spacial score (nSPS) is 14.7. The van der Waals surface area contributed by atoms with E-state index in [1.165, 1.54) is 52.8 Å². The summed E-state index contributed by atoms with van der Waals surface area (Å²) in [5.41, 5.74) is 0.181. The van der Waals surface area contributed by atoms with Gasteiger partial charge in [-0.25, -0.2) is 27.3 Å². The van der Waals surface area contributed by atoms with Crippen LogP contribution in [0, 0.1) is 18.3 Å². The number of carbonyl (C=O) groups excluding carboxylic acids is 1. The van der Waals surface area contributed by atoms with Gasteiger partial charge in [-0.15, -0.1) is 5.10 Å². The van der Waals surface area contributed by atoms with E-state index in [1.54, 1.807) is 24.3 Å². The fourth-order valence-corrected chi connectivity index (χ4v) is 7.91. The topological polar surface area (TPSA) is 182 Å². The molecule has 1 aromatic heterocycles. The molecule has 0 fully saturated rings. The van der Waals surface area contributed by atoms with E-state index in [-0.39, 0.29) is 52.3 Å². The zero-order valence-corrected chi connectivity index (χ0v) is 33.8.